The largest absolute Gasteiger partial charge is 0.508 e. The number of guanidine groups is 1. The highest BCUT2D eigenvalue weighted by Gasteiger charge is 2.39. The molecule has 0 aliphatic carbocycles. The zero-order valence-electron chi connectivity index (χ0n) is 28.5. The van der Waals surface area contributed by atoms with Gasteiger partial charge in [-0.2, -0.15) is 0 Å². The number of hydrogen-bond donors (Lipinski definition) is 9. The van der Waals surface area contributed by atoms with Crippen molar-refractivity contribution in [3.8, 4) is 5.75 Å². The van der Waals surface area contributed by atoms with Gasteiger partial charge in [-0.25, -0.2) is 4.79 Å². The van der Waals surface area contributed by atoms with Crippen LogP contribution in [0.2, 0.25) is 0 Å². The second kappa shape index (κ2) is 19.2. The summed E-state index contributed by atoms with van der Waals surface area (Å²) in [6.07, 6.45) is 1.45. The summed E-state index contributed by atoms with van der Waals surface area (Å²) in [5.41, 5.74) is 17.1. The number of aromatic hydroxyl groups is 1. The molecule has 0 radical (unpaired) electrons. The first kappa shape index (κ1) is 40.2. The molecule has 5 amide bonds. The molecule has 1 heterocycles. The topological polar surface area (TPSA) is 285 Å². The molecule has 1 aliphatic heterocycles. The van der Waals surface area contributed by atoms with Gasteiger partial charge in [0.15, 0.2) is 5.96 Å². The third-order valence-corrected chi connectivity index (χ3v) is 7.89. The summed E-state index contributed by atoms with van der Waals surface area (Å²) in [6.45, 7) is 6.93. The number of nitrogens with one attached hydrogen (secondary N) is 4. The molecule has 0 saturated carbocycles. The number of aliphatic carboxylic acids is 1. The van der Waals surface area contributed by atoms with E-state index in [1.807, 2.05) is 13.8 Å². The van der Waals surface area contributed by atoms with E-state index >= 15 is 0 Å². The number of aliphatic imine (C=N–C) groups is 1. The Morgan fingerprint density at radius 3 is 2.10 bits per heavy atom. The number of carboxylic acids is 1. The molecule has 17 heteroatoms. The standard InChI is InChI=1S/C32H51N9O8/c1-17(2)15-24(31(48)49)40-27(44)19(4)37-28(45)23(16-20-9-11-21(42)12-10-20)39-29(46)25-8-6-14-41(25)30(47)22(38-26(43)18(3)33)7-5-13-36-32(34)35/h9-12,17-19,22-25,42H,5-8,13-16,33H2,1-4H3,(H,37,45)(H,38,43)(H,39,46)(H,40,44)(H,48,49)(H4,34,35,36)/t18-,19-,22-,23-,24-,25-/m0/s1. The van der Waals surface area contributed by atoms with Gasteiger partial charge in [-0.1, -0.05) is 26.0 Å². The predicted octanol–water partition coefficient (Wildman–Crippen LogP) is -1.58. The van der Waals surface area contributed by atoms with Gasteiger partial charge in [0.1, 0.15) is 36.0 Å². The van der Waals surface area contributed by atoms with Crippen LogP contribution in [-0.2, 0) is 35.2 Å². The minimum Gasteiger partial charge on any atom is -0.508 e. The van der Waals surface area contributed by atoms with E-state index in [4.69, 9.17) is 17.2 Å². The Hall–Kier alpha value is -4.93. The quantitative estimate of drug-likeness (QED) is 0.0481. The van der Waals surface area contributed by atoms with E-state index in [-0.39, 0.29) is 56.4 Å². The average Bonchev–Trinajstić information content (AvgIpc) is 3.52. The van der Waals surface area contributed by atoms with Crippen molar-refractivity contribution >= 4 is 41.5 Å². The minimum absolute atomic E-state index is 0.00227. The van der Waals surface area contributed by atoms with Crippen LogP contribution in [0.4, 0.5) is 0 Å². The summed E-state index contributed by atoms with van der Waals surface area (Å²) in [7, 11) is 0. The van der Waals surface area contributed by atoms with Crippen molar-refractivity contribution in [3.05, 3.63) is 29.8 Å². The molecule has 0 unspecified atom stereocenters. The number of nitrogens with two attached hydrogens (primary N) is 3. The van der Waals surface area contributed by atoms with E-state index in [0.717, 1.165) is 0 Å². The monoisotopic (exact) mass is 689 g/mol. The van der Waals surface area contributed by atoms with Crippen LogP contribution in [0.25, 0.3) is 0 Å². The summed E-state index contributed by atoms with van der Waals surface area (Å²) in [6, 6.07) is -0.416. The van der Waals surface area contributed by atoms with Crippen LogP contribution >= 0.6 is 0 Å². The summed E-state index contributed by atoms with van der Waals surface area (Å²) < 4.78 is 0. The van der Waals surface area contributed by atoms with Crippen LogP contribution in [0.3, 0.4) is 0 Å². The molecule has 12 N–H and O–H groups in total. The van der Waals surface area contributed by atoms with Gasteiger partial charge in [0.25, 0.3) is 0 Å². The van der Waals surface area contributed by atoms with Crippen molar-refractivity contribution in [1.29, 1.82) is 0 Å². The third-order valence-electron chi connectivity index (χ3n) is 7.89. The van der Waals surface area contributed by atoms with Gasteiger partial charge in [0.2, 0.25) is 29.5 Å². The van der Waals surface area contributed by atoms with E-state index in [2.05, 4.69) is 26.3 Å². The van der Waals surface area contributed by atoms with Crippen molar-refractivity contribution < 1.29 is 39.0 Å². The number of phenols is 1. The van der Waals surface area contributed by atoms with Crippen LogP contribution in [0.1, 0.15) is 65.4 Å². The van der Waals surface area contributed by atoms with Gasteiger partial charge < -0.3 is 53.6 Å². The van der Waals surface area contributed by atoms with Crippen LogP contribution in [0, 0.1) is 5.92 Å². The second-order valence-electron chi connectivity index (χ2n) is 12.7. The Morgan fingerprint density at radius 2 is 1.53 bits per heavy atom. The van der Waals surface area contributed by atoms with Crippen molar-refractivity contribution in [1.82, 2.24) is 26.2 Å². The molecule has 6 atom stereocenters. The lowest BCUT2D eigenvalue weighted by molar-refractivity contribution is -0.143. The molecule has 1 fully saturated rings. The molecular weight excluding hydrogens is 638 g/mol. The summed E-state index contributed by atoms with van der Waals surface area (Å²) in [5.74, 6) is -4.46. The Morgan fingerprint density at radius 1 is 0.898 bits per heavy atom. The van der Waals surface area contributed by atoms with E-state index in [0.29, 0.717) is 18.4 Å². The Bertz CT molecular complexity index is 1350. The minimum atomic E-state index is -1.22. The van der Waals surface area contributed by atoms with Gasteiger partial charge in [-0.3, -0.25) is 29.0 Å². The van der Waals surface area contributed by atoms with Crippen molar-refractivity contribution in [2.45, 2.75) is 102 Å². The van der Waals surface area contributed by atoms with E-state index in [1.165, 1.54) is 30.9 Å². The van der Waals surface area contributed by atoms with Crippen molar-refractivity contribution in [2.24, 2.45) is 28.1 Å². The van der Waals surface area contributed by atoms with Gasteiger partial charge >= 0.3 is 5.97 Å². The van der Waals surface area contributed by atoms with Crippen molar-refractivity contribution in [3.63, 3.8) is 0 Å². The maximum Gasteiger partial charge on any atom is 0.326 e. The number of phenolic OH excluding ortho intramolecular Hbond substituents is 1. The first-order chi connectivity index (χ1) is 23.0. The lowest BCUT2D eigenvalue weighted by Gasteiger charge is -2.30. The predicted molar refractivity (Wildman–Crippen MR) is 181 cm³/mol. The Kier molecular flexibility index (Phi) is 15.7. The fourth-order valence-electron chi connectivity index (χ4n) is 5.28. The van der Waals surface area contributed by atoms with Crippen LogP contribution in [0.15, 0.2) is 29.3 Å². The lowest BCUT2D eigenvalue weighted by Crippen LogP contribution is -2.59. The van der Waals surface area contributed by atoms with Gasteiger partial charge in [-0.05, 0) is 69.6 Å². The number of nitrogens with zero attached hydrogens (tertiary/aromatic N) is 2. The molecule has 1 aliphatic rings. The van der Waals surface area contributed by atoms with Crippen LogP contribution < -0.4 is 38.5 Å². The van der Waals surface area contributed by atoms with Gasteiger partial charge in [0, 0.05) is 19.5 Å². The summed E-state index contributed by atoms with van der Waals surface area (Å²) >= 11 is 0. The number of carboxylic acid groups (broad SMARTS) is 1. The molecule has 49 heavy (non-hydrogen) atoms. The molecule has 0 spiro atoms. The van der Waals surface area contributed by atoms with E-state index in [1.54, 1.807) is 12.1 Å². The number of carbonyl (C=O) groups is 6. The SMILES string of the molecule is CC(C)C[C@H](NC(=O)[C@H](C)NC(=O)[C@H](Cc1ccc(O)cc1)NC(=O)[C@@H]1CCCN1C(=O)[C@H](CCCN=C(N)N)NC(=O)[C@H](C)N)C(=O)O. The van der Waals surface area contributed by atoms with Crippen LogP contribution in [0.5, 0.6) is 5.75 Å². The molecule has 1 aromatic carbocycles. The lowest BCUT2D eigenvalue weighted by atomic mass is 10.0. The maximum atomic E-state index is 13.7. The molecule has 1 aromatic rings. The fourth-order valence-corrected chi connectivity index (χ4v) is 5.28. The van der Waals surface area contributed by atoms with Gasteiger partial charge in [0.05, 0.1) is 6.04 Å². The number of amides is 5. The second-order valence-corrected chi connectivity index (χ2v) is 12.7. The Labute approximate surface area is 285 Å². The number of benzene rings is 1. The van der Waals surface area contributed by atoms with Crippen molar-refractivity contribution in [2.75, 3.05) is 13.1 Å². The zero-order chi connectivity index (χ0) is 36.8. The molecule has 1 saturated heterocycles. The fraction of sp³-hybridized carbons (Fsp3) is 0.594. The smallest absolute Gasteiger partial charge is 0.326 e. The average molecular weight is 690 g/mol. The Balaban J connectivity index is 2.25. The first-order valence-corrected chi connectivity index (χ1v) is 16.3. The highest BCUT2D eigenvalue weighted by atomic mass is 16.4. The first-order valence-electron chi connectivity index (χ1n) is 16.3. The number of carbonyl (C=O) groups excluding carboxylic acids is 5. The molecular formula is C32H51N9O8. The number of hydrogen-bond acceptors (Lipinski definition) is 9. The maximum absolute atomic E-state index is 13.7. The number of rotatable bonds is 18. The van der Waals surface area contributed by atoms with Gasteiger partial charge in [-0.15, -0.1) is 0 Å². The highest BCUT2D eigenvalue weighted by Crippen LogP contribution is 2.21. The summed E-state index contributed by atoms with van der Waals surface area (Å²) in [5, 5.41) is 29.6. The normalized spacial score (nSPS) is 17.2. The highest BCUT2D eigenvalue weighted by molar-refractivity contribution is 5.96. The van der Waals surface area contributed by atoms with E-state index in [9.17, 15) is 39.0 Å². The molecule has 0 aromatic heterocycles. The molecule has 2 rings (SSSR count). The molecule has 17 nitrogen and oxygen atoms in total. The number of likely N-dealkylation sites (tertiary alicyclic amines) is 1. The molecule has 0 bridgehead atoms. The van der Waals surface area contributed by atoms with Crippen LogP contribution in [-0.4, -0.2) is 106 Å². The molecule has 272 valence electrons. The summed E-state index contributed by atoms with van der Waals surface area (Å²) in [4.78, 5) is 83.2. The zero-order valence-corrected chi connectivity index (χ0v) is 28.5. The van der Waals surface area contributed by atoms with E-state index < -0.39 is 71.8 Å². The third kappa shape index (κ3) is 13.2.